The molecular weight excluding hydrogens is 688 g/mol. The van der Waals surface area contributed by atoms with Crippen molar-refractivity contribution in [3.05, 3.63) is 85.0 Å². The number of carbonyl (C=O) groups is 6. The molecule has 0 aliphatic carbocycles. The zero-order valence-corrected chi connectivity index (χ0v) is 28.1. The van der Waals surface area contributed by atoms with Crippen LogP contribution in [-0.2, 0) is 47.5 Å². The Labute approximate surface area is 298 Å². The molecule has 0 radical (unpaired) electrons. The second-order valence-electron chi connectivity index (χ2n) is 11.1. The lowest BCUT2D eigenvalue weighted by Gasteiger charge is -2.17. The van der Waals surface area contributed by atoms with Crippen molar-refractivity contribution in [3.63, 3.8) is 0 Å². The van der Waals surface area contributed by atoms with Crippen LogP contribution in [0.3, 0.4) is 0 Å². The maximum absolute atomic E-state index is 12.8. The fraction of sp³-hybridized carbons (Fsp3) is 0.389. The van der Waals surface area contributed by atoms with Crippen LogP contribution >= 0.6 is 0 Å². The molecule has 0 spiro atoms. The van der Waals surface area contributed by atoms with E-state index in [-0.39, 0.29) is 62.3 Å². The highest BCUT2D eigenvalue weighted by Gasteiger charge is 2.51. The third kappa shape index (κ3) is 12.2. The van der Waals surface area contributed by atoms with Crippen molar-refractivity contribution in [1.29, 1.82) is 0 Å². The van der Waals surface area contributed by atoms with Crippen LogP contribution in [0.25, 0.3) is 0 Å². The molecule has 278 valence electrons. The Morgan fingerprint density at radius 2 is 0.904 bits per heavy atom. The van der Waals surface area contributed by atoms with Crippen LogP contribution in [0.2, 0.25) is 0 Å². The fourth-order valence-electron chi connectivity index (χ4n) is 4.79. The van der Waals surface area contributed by atoms with Gasteiger partial charge in [-0.05, 0) is 74.2 Å². The number of ether oxygens (including phenoxy) is 10. The highest BCUT2D eigenvalue weighted by atomic mass is 16.7. The number of rotatable bonds is 18. The number of esters is 4. The number of hydrogen-bond acceptors (Lipinski definition) is 16. The number of benzene rings is 2. The normalized spacial score (nSPS) is 18.5. The standard InChI is InChI=1S/C36H38O16/c1-3-29(37)43-17-5-7-19-45-35(41)49-25-13-9-23(10-14-25)33(39)51-27-21-47-32-28(22-48-31(27)32)52-34(40)24-11-15-26(16-12-24)50-36(42)46-20-8-6-18-44-30(38)4-2/h3-4,9-16,27-28,31-32H,1-2,5-8,17-22H2/t27-,28?,31?,32?/m0/s1. The summed E-state index contributed by atoms with van der Waals surface area (Å²) in [5.74, 6) is -2.09. The molecule has 2 fully saturated rings. The minimum atomic E-state index is -0.930. The van der Waals surface area contributed by atoms with Crippen molar-refractivity contribution < 1.29 is 76.1 Å². The molecule has 0 N–H and O–H groups in total. The van der Waals surface area contributed by atoms with Gasteiger partial charge in [-0.1, -0.05) is 13.2 Å². The van der Waals surface area contributed by atoms with Crippen LogP contribution < -0.4 is 9.47 Å². The largest absolute Gasteiger partial charge is 0.513 e. The molecule has 52 heavy (non-hydrogen) atoms. The smallest absolute Gasteiger partial charge is 0.463 e. The first-order chi connectivity index (χ1) is 25.2. The molecule has 2 aromatic rings. The van der Waals surface area contributed by atoms with Crippen molar-refractivity contribution in [2.75, 3.05) is 39.6 Å². The highest BCUT2D eigenvalue weighted by Crippen LogP contribution is 2.32. The van der Waals surface area contributed by atoms with E-state index in [4.69, 9.17) is 47.4 Å². The molecule has 0 amide bonds. The molecule has 4 atom stereocenters. The van der Waals surface area contributed by atoms with E-state index in [1.165, 1.54) is 48.5 Å². The molecule has 2 aliphatic rings. The Morgan fingerprint density at radius 1 is 0.558 bits per heavy atom. The molecule has 16 nitrogen and oxygen atoms in total. The van der Waals surface area contributed by atoms with Crippen LogP contribution in [0.1, 0.15) is 46.4 Å². The van der Waals surface area contributed by atoms with Crippen molar-refractivity contribution in [2.45, 2.75) is 50.1 Å². The quantitative estimate of drug-likeness (QED) is 0.0693. The van der Waals surface area contributed by atoms with Gasteiger partial charge in [0.05, 0.1) is 50.8 Å². The van der Waals surface area contributed by atoms with Crippen LogP contribution in [0.15, 0.2) is 73.8 Å². The number of fused-ring (bicyclic) bond motifs is 1. The summed E-state index contributed by atoms with van der Waals surface area (Å²) in [5, 5.41) is 0. The zero-order chi connectivity index (χ0) is 37.3. The first-order valence-electron chi connectivity index (χ1n) is 16.3. The average Bonchev–Trinajstić information content (AvgIpc) is 3.74. The van der Waals surface area contributed by atoms with Crippen molar-refractivity contribution in [1.82, 2.24) is 0 Å². The van der Waals surface area contributed by atoms with Gasteiger partial charge in [0.2, 0.25) is 0 Å². The van der Waals surface area contributed by atoms with Crippen LogP contribution in [-0.4, -0.2) is 100 Å². The Morgan fingerprint density at radius 3 is 1.25 bits per heavy atom. The average molecular weight is 727 g/mol. The second-order valence-corrected chi connectivity index (χ2v) is 11.1. The van der Waals surface area contributed by atoms with Gasteiger partial charge < -0.3 is 47.4 Å². The zero-order valence-electron chi connectivity index (χ0n) is 28.1. The van der Waals surface area contributed by atoms with E-state index in [0.29, 0.717) is 25.7 Å². The topological polar surface area (TPSA) is 195 Å². The van der Waals surface area contributed by atoms with E-state index in [0.717, 1.165) is 12.2 Å². The summed E-state index contributed by atoms with van der Waals surface area (Å²) in [6.45, 7) is 7.10. The van der Waals surface area contributed by atoms with Gasteiger partial charge in [0.15, 0.2) is 12.2 Å². The van der Waals surface area contributed by atoms with Crippen molar-refractivity contribution in [2.24, 2.45) is 0 Å². The summed E-state index contributed by atoms with van der Waals surface area (Å²) in [5.41, 5.74) is 0.368. The van der Waals surface area contributed by atoms with Gasteiger partial charge in [0.1, 0.15) is 23.7 Å². The molecule has 2 heterocycles. The molecule has 2 saturated heterocycles. The van der Waals surface area contributed by atoms with Gasteiger partial charge in [0.25, 0.3) is 0 Å². The Balaban J connectivity index is 1.14. The maximum atomic E-state index is 12.8. The molecule has 16 heteroatoms. The Kier molecular flexibility index (Phi) is 15.2. The highest BCUT2D eigenvalue weighted by molar-refractivity contribution is 5.90. The number of carbonyl (C=O) groups excluding carboxylic acids is 6. The van der Waals surface area contributed by atoms with Gasteiger partial charge in [-0.2, -0.15) is 0 Å². The maximum Gasteiger partial charge on any atom is 0.513 e. The second kappa shape index (κ2) is 20.2. The van der Waals surface area contributed by atoms with Crippen LogP contribution in [0.4, 0.5) is 9.59 Å². The van der Waals surface area contributed by atoms with Gasteiger partial charge >= 0.3 is 36.2 Å². The van der Waals surface area contributed by atoms with Gasteiger partial charge in [-0.3, -0.25) is 0 Å². The van der Waals surface area contributed by atoms with E-state index in [1.807, 2.05) is 0 Å². The van der Waals surface area contributed by atoms with E-state index >= 15 is 0 Å². The Bertz CT molecular complexity index is 1450. The number of hydrogen-bond donors (Lipinski definition) is 0. The molecule has 0 bridgehead atoms. The van der Waals surface area contributed by atoms with Crippen molar-refractivity contribution >= 4 is 36.2 Å². The molecule has 0 saturated carbocycles. The summed E-state index contributed by atoms with van der Waals surface area (Å²) < 4.78 is 52.6. The first kappa shape index (κ1) is 39.1. The molecule has 0 aromatic heterocycles. The molecule has 2 aliphatic heterocycles. The lowest BCUT2D eigenvalue weighted by atomic mass is 10.1. The molecule has 3 unspecified atom stereocenters. The predicted molar refractivity (Wildman–Crippen MR) is 176 cm³/mol. The van der Waals surface area contributed by atoms with Gasteiger partial charge in [0, 0.05) is 12.2 Å². The van der Waals surface area contributed by atoms with Gasteiger partial charge in [-0.15, -0.1) is 0 Å². The van der Waals surface area contributed by atoms with Crippen LogP contribution in [0, 0.1) is 0 Å². The lowest BCUT2D eigenvalue weighted by Crippen LogP contribution is -2.36. The van der Waals surface area contributed by atoms with Crippen molar-refractivity contribution in [3.8, 4) is 11.5 Å². The molecule has 2 aromatic carbocycles. The third-order valence-corrected chi connectivity index (χ3v) is 7.40. The summed E-state index contributed by atoms with van der Waals surface area (Å²) >= 11 is 0. The summed E-state index contributed by atoms with van der Waals surface area (Å²) in [6, 6.07) is 11.3. The van der Waals surface area contributed by atoms with E-state index in [2.05, 4.69) is 13.2 Å². The predicted octanol–water partition coefficient (Wildman–Crippen LogP) is 4.28. The van der Waals surface area contributed by atoms with E-state index in [1.54, 1.807) is 0 Å². The molecular formula is C36H38O16. The van der Waals surface area contributed by atoms with E-state index < -0.39 is 60.6 Å². The van der Waals surface area contributed by atoms with Gasteiger partial charge in [-0.25, -0.2) is 28.8 Å². The fourth-order valence-corrected chi connectivity index (χ4v) is 4.79. The van der Waals surface area contributed by atoms with E-state index in [9.17, 15) is 28.8 Å². The molecule has 4 rings (SSSR count). The Hall–Kier alpha value is -5.74. The summed E-state index contributed by atoms with van der Waals surface area (Å²) in [7, 11) is 0. The SMILES string of the molecule is C=CC(=O)OCCCCOC(=O)Oc1ccc(C(=O)OC2COC3C2OC[C@@H]3OC(=O)c2ccc(OC(=O)OCCCCOC(=O)C=C)cc2)cc1. The monoisotopic (exact) mass is 726 g/mol. The summed E-state index contributed by atoms with van der Waals surface area (Å²) in [6.07, 6.45) is -0.714. The third-order valence-electron chi connectivity index (χ3n) is 7.40. The minimum absolute atomic E-state index is 0.0176. The first-order valence-corrected chi connectivity index (χ1v) is 16.3. The number of unbranched alkanes of at least 4 members (excludes halogenated alkanes) is 2. The minimum Gasteiger partial charge on any atom is -0.463 e. The lowest BCUT2D eigenvalue weighted by molar-refractivity contribution is -0.138. The summed E-state index contributed by atoms with van der Waals surface area (Å²) in [4.78, 5) is 71.5. The van der Waals surface area contributed by atoms with Crippen LogP contribution in [0.5, 0.6) is 11.5 Å².